The van der Waals surface area contributed by atoms with Gasteiger partial charge < -0.3 is 20.3 Å². The highest BCUT2D eigenvalue weighted by Gasteiger charge is 2.44. The number of hydrogen-bond acceptors (Lipinski definition) is 9. The van der Waals surface area contributed by atoms with Crippen molar-refractivity contribution in [1.82, 2.24) is 19.8 Å². The minimum atomic E-state index is -0.113. The summed E-state index contributed by atoms with van der Waals surface area (Å²) in [6.45, 7) is 9.88. The molecule has 2 aromatic heterocycles. The first-order valence-electron chi connectivity index (χ1n) is 12.6. The third-order valence-corrected chi connectivity index (χ3v) is 8.43. The van der Waals surface area contributed by atoms with Crippen LogP contribution in [-0.4, -0.2) is 88.6 Å². The number of anilines is 1. The molecule has 4 rings (SSSR count). The molecule has 3 N–H and O–H groups in total. The molecule has 0 aliphatic carbocycles. The number of nitrogens with zero attached hydrogens (tertiary/aromatic N) is 4. The average Bonchev–Trinajstić information content (AvgIpc) is 3.28. The molecule has 2 aliphatic heterocycles. The van der Waals surface area contributed by atoms with Gasteiger partial charge in [0.25, 0.3) is 0 Å². The van der Waals surface area contributed by atoms with Crippen LogP contribution in [0.3, 0.4) is 0 Å². The van der Waals surface area contributed by atoms with Crippen molar-refractivity contribution in [2.24, 2.45) is 0 Å². The van der Waals surface area contributed by atoms with Gasteiger partial charge in [-0.25, -0.2) is 9.97 Å². The lowest BCUT2D eigenvalue weighted by Gasteiger charge is -2.47. The number of fused-ring (bicyclic) bond motifs is 2. The number of aromatic nitrogens is 2. The quantitative estimate of drug-likeness (QED) is 0.443. The van der Waals surface area contributed by atoms with Crippen LogP contribution in [0.15, 0.2) is 18.5 Å². The molecule has 9 heteroatoms. The molecule has 8 nitrogen and oxygen atoms in total. The third-order valence-electron chi connectivity index (χ3n) is 7.09. The Hall–Kier alpha value is -1.62. The zero-order chi connectivity index (χ0) is 24.0. The molecule has 1 spiro atoms. The van der Waals surface area contributed by atoms with Gasteiger partial charge in [0, 0.05) is 79.4 Å². The van der Waals surface area contributed by atoms with Gasteiger partial charge in [0.15, 0.2) is 0 Å². The molecule has 0 aromatic carbocycles. The lowest BCUT2D eigenvalue weighted by Crippen LogP contribution is -2.50. The summed E-state index contributed by atoms with van der Waals surface area (Å²) in [5.74, 6) is 0.606. The van der Waals surface area contributed by atoms with Crippen LogP contribution in [0.1, 0.15) is 47.6 Å². The molecule has 34 heavy (non-hydrogen) atoms. The Morgan fingerprint density at radius 3 is 2.68 bits per heavy atom. The number of piperidine rings is 1. The number of thiophene rings is 1. The SMILES string of the molecule is CCc1cc2c(s1)CCO[C@@]21CCN(Cc2cnc(NCCN(CCO)CCO)nc2)[C@@H](C)C1. The molecule has 2 atom stereocenters. The molecule has 1 fully saturated rings. The van der Waals surface area contributed by atoms with Crippen LogP contribution >= 0.6 is 11.3 Å². The average molecular weight is 490 g/mol. The van der Waals surface area contributed by atoms with Crippen molar-refractivity contribution in [3.63, 3.8) is 0 Å². The first-order valence-corrected chi connectivity index (χ1v) is 13.4. The second-order valence-electron chi connectivity index (χ2n) is 9.40. The van der Waals surface area contributed by atoms with E-state index in [-0.39, 0.29) is 18.8 Å². The molecule has 0 saturated carbocycles. The summed E-state index contributed by atoms with van der Waals surface area (Å²) in [5.41, 5.74) is 2.46. The maximum absolute atomic E-state index is 9.11. The fourth-order valence-electron chi connectivity index (χ4n) is 5.22. The van der Waals surface area contributed by atoms with E-state index in [0.29, 0.717) is 38.2 Å². The minimum Gasteiger partial charge on any atom is -0.395 e. The van der Waals surface area contributed by atoms with E-state index in [9.17, 15) is 0 Å². The van der Waals surface area contributed by atoms with Gasteiger partial charge in [-0.05, 0) is 37.8 Å². The van der Waals surface area contributed by atoms with E-state index in [2.05, 4.69) is 40.1 Å². The topological polar surface area (TPSA) is 94.0 Å². The van der Waals surface area contributed by atoms with Crippen LogP contribution in [-0.2, 0) is 29.7 Å². The zero-order valence-electron chi connectivity index (χ0n) is 20.5. The summed E-state index contributed by atoms with van der Waals surface area (Å²) in [6.07, 6.45) is 8.03. The van der Waals surface area contributed by atoms with E-state index in [4.69, 9.17) is 14.9 Å². The van der Waals surface area contributed by atoms with Crippen LogP contribution in [0, 0.1) is 0 Å². The molecule has 0 radical (unpaired) electrons. The summed E-state index contributed by atoms with van der Waals surface area (Å²) >= 11 is 1.98. The largest absolute Gasteiger partial charge is 0.395 e. The van der Waals surface area contributed by atoms with E-state index in [1.54, 1.807) is 0 Å². The third kappa shape index (κ3) is 5.95. The summed E-state index contributed by atoms with van der Waals surface area (Å²) in [4.78, 5) is 16.5. The monoisotopic (exact) mass is 489 g/mol. The normalized spacial score (nSPS) is 22.9. The van der Waals surface area contributed by atoms with E-state index in [1.807, 2.05) is 28.6 Å². The summed E-state index contributed by atoms with van der Waals surface area (Å²) in [7, 11) is 0. The van der Waals surface area contributed by atoms with Crippen molar-refractivity contribution >= 4 is 17.3 Å². The van der Waals surface area contributed by atoms with Gasteiger partial charge in [-0.1, -0.05) is 6.92 Å². The molecule has 2 aliphatic rings. The number of aliphatic hydroxyl groups is 2. The number of aliphatic hydroxyl groups excluding tert-OH is 2. The van der Waals surface area contributed by atoms with Crippen molar-refractivity contribution < 1.29 is 14.9 Å². The Kier molecular flexibility index (Phi) is 8.90. The van der Waals surface area contributed by atoms with Gasteiger partial charge in [0.05, 0.1) is 25.4 Å². The first kappa shape index (κ1) is 25.5. The Morgan fingerprint density at radius 1 is 1.24 bits per heavy atom. The Labute approximate surface area is 207 Å². The number of aryl methyl sites for hydroxylation is 1. The Balaban J connectivity index is 1.30. The van der Waals surface area contributed by atoms with Crippen molar-refractivity contribution in [1.29, 1.82) is 0 Å². The highest BCUT2D eigenvalue weighted by atomic mass is 32.1. The van der Waals surface area contributed by atoms with E-state index >= 15 is 0 Å². The van der Waals surface area contributed by atoms with Crippen LogP contribution in [0.2, 0.25) is 0 Å². The second-order valence-corrected chi connectivity index (χ2v) is 10.6. The molecule has 0 unspecified atom stereocenters. The molecule has 0 amide bonds. The molecule has 1 saturated heterocycles. The summed E-state index contributed by atoms with van der Waals surface area (Å²) in [6, 6.07) is 2.83. The van der Waals surface area contributed by atoms with Gasteiger partial charge in [0.2, 0.25) is 5.95 Å². The fourth-order valence-corrected chi connectivity index (χ4v) is 6.39. The van der Waals surface area contributed by atoms with Crippen LogP contribution in [0.5, 0.6) is 0 Å². The van der Waals surface area contributed by atoms with Gasteiger partial charge in [-0.15, -0.1) is 11.3 Å². The number of nitrogens with one attached hydrogen (secondary N) is 1. The van der Waals surface area contributed by atoms with Crippen molar-refractivity contribution in [3.8, 4) is 0 Å². The van der Waals surface area contributed by atoms with Gasteiger partial charge >= 0.3 is 0 Å². The lowest BCUT2D eigenvalue weighted by molar-refractivity contribution is -0.112. The fraction of sp³-hybridized carbons (Fsp3) is 0.680. The van der Waals surface area contributed by atoms with Gasteiger partial charge in [-0.3, -0.25) is 9.80 Å². The van der Waals surface area contributed by atoms with E-state index in [1.165, 1.54) is 15.3 Å². The molecule has 0 bridgehead atoms. The maximum atomic E-state index is 9.11. The number of ether oxygens (including phenoxy) is 1. The maximum Gasteiger partial charge on any atom is 0.222 e. The van der Waals surface area contributed by atoms with Crippen molar-refractivity contribution in [2.45, 2.75) is 57.7 Å². The Morgan fingerprint density at radius 2 is 2.00 bits per heavy atom. The van der Waals surface area contributed by atoms with Crippen LogP contribution in [0.25, 0.3) is 0 Å². The standard InChI is InChI=1S/C25H39N5O3S/c1-3-21-14-22-23(34-21)4-13-33-25(22)5-7-30(19(2)15-25)18-20-16-27-24(28-17-20)26-6-8-29(9-11-31)10-12-32/h14,16-17,19,31-32H,3-13,15,18H2,1-2H3,(H,26,27,28)/t19-,25+/m0/s1. The predicted molar refractivity (Wildman–Crippen MR) is 135 cm³/mol. The van der Waals surface area contributed by atoms with Crippen LogP contribution < -0.4 is 5.32 Å². The van der Waals surface area contributed by atoms with Crippen LogP contribution in [0.4, 0.5) is 5.95 Å². The second kappa shape index (κ2) is 11.9. The smallest absolute Gasteiger partial charge is 0.222 e. The number of rotatable bonds is 11. The molecular weight excluding hydrogens is 450 g/mol. The van der Waals surface area contributed by atoms with E-state index < -0.39 is 0 Å². The van der Waals surface area contributed by atoms with Crippen molar-refractivity contribution in [3.05, 3.63) is 39.3 Å². The molecule has 4 heterocycles. The molecular formula is C25H39N5O3S. The first-order chi connectivity index (χ1) is 16.6. The van der Waals surface area contributed by atoms with Crippen molar-refractivity contribution in [2.75, 3.05) is 57.9 Å². The molecule has 2 aromatic rings. The highest BCUT2D eigenvalue weighted by Crippen LogP contribution is 2.46. The Bertz CT molecular complexity index is 902. The number of likely N-dealkylation sites (tertiary alicyclic amines) is 1. The van der Waals surface area contributed by atoms with Gasteiger partial charge in [-0.2, -0.15) is 0 Å². The lowest BCUT2D eigenvalue weighted by atomic mass is 9.79. The predicted octanol–water partition coefficient (Wildman–Crippen LogP) is 2.25. The van der Waals surface area contributed by atoms with E-state index in [0.717, 1.165) is 50.9 Å². The van der Waals surface area contributed by atoms with Gasteiger partial charge in [0.1, 0.15) is 0 Å². The summed E-state index contributed by atoms with van der Waals surface area (Å²) in [5, 5.41) is 21.5. The summed E-state index contributed by atoms with van der Waals surface area (Å²) < 4.78 is 6.48. The minimum absolute atomic E-state index is 0.0849. The zero-order valence-corrected chi connectivity index (χ0v) is 21.3. The molecule has 188 valence electrons. The number of hydrogen-bond donors (Lipinski definition) is 3. The highest BCUT2D eigenvalue weighted by molar-refractivity contribution is 7.12.